The van der Waals surface area contributed by atoms with Crippen LogP contribution in [0.5, 0.6) is 5.75 Å². The molecule has 0 amide bonds. The molecule has 0 atom stereocenters. The summed E-state index contributed by atoms with van der Waals surface area (Å²) in [6.45, 7) is 2.11. The van der Waals surface area contributed by atoms with E-state index in [1.165, 1.54) is 21.9 Å². The van der Waals surface area contributed by atoms with Crippen LogP contribution in [-0.2, 0) is 13.0 Å². The molecule has 22 heavy (non-hydrogen) atoms. The molecular formula is C20H22NO+. The van der Waals surface area contributed by atoms with Gasteiger partial charge in [-0.1, -0.05) is 48.5 Å². The molecule has 0 radical (unpaired) electrons. The van der Waals surface area contributed by atoms with Gasteiger partial charge in [-0.3, -0.25) is 0 Å². The first-order valence-corrected chi connectivity index (χ1v) is 7.77. The molecule has 0 aliphatic rings. The third kappa shape index (κ3) is 3.66. The molecule has 2 heteroatoms. The Balaban J connectivity index is 1.53. The smallest absolute Gasteiger partial charge is 0.119 e. The minimum atomic E-state index is 0.937. The molecule has 3 aromatic carbocycles. The van der Waals surface area contributed by atoms with E-state index in [0.29, 0.717) is 0 Å². The van der Waals surface area contributed by atoms with E-state index in [4.69, 9.17) is 4.74 Å². The Hall–Kier alpha value is -2.32. The Bertz CT molecular complexity index is 751. The van der Waals surface area contributed by atoms with E-state index in [1.54, 1.807) is 7.11 Å². The Morgan fingerprint density at radius 3 is 2.55 bits per heavy atom. The van der Waals surface area contributed by atoms with Gasteiger partial charge in [0.2, 0.25) is 0 Å². The van der Waals surface area contributed by atoms with Gasteiger partial charge in [0.05, 0.1) is 13.7 Å². The minimum absolute atomic E-state index is 0.937. The largest absolute Gasteiger partial charge is 0.497 e. The number of quaternary nitrogens is 1. The van der Waals surface area contributed by atoms with Crippen LogP contribution in [0.3, 0.4) is 0 Å². The van der Waals surface area contributed by atoms with E-state index in [1.807, 2.05) is 6.07 Å². The Morgan fingerprint density at radius 2 is 1.68 bits per heavy atom. The van der Waals surface area contributed by atoms with Gasteiger partial charge in [0.15, 0.2) is 0 Å². The summed E-state index contributed by atoms with van der Waals surface area (Å²) in [6.07, 6.45) is 1.06. The van der Waals surface area contributed by atoms with Gasteiger partial charge in [-0.15, -0.1) is 0 Å². The molecule has 0 aromatic heterocycles. The summed E-state index contributed by atoms with van der Waals surface area (Å²) >= 11 is 0. The van der Waals surface area contributed by atoms with E-state index >= 15 is 0 Å². The second-order valence-electron chi connectivity index (χ2n) is 5.56. The zero-order valence-corrected chi connectivity index (χ0v) is 13.0. The standard InChI is InChI=1S/C20H21NO/c1-22-20-8-4-5-16(14-20)11-12-21-15-17-9-10-18-6-2-3-7-19(18)13-17/h2-10,13-14,21H,11-12,15H2,1H3/p+1. The number of benzene rings is 3. The first-order chi connectivity index (χ1) is 10.8. The Labute approximate surface area is 131 Å². The molecule has 0 aliphatic carbocycles. The SMILES string of the molecule is COc1cccc(CC[NH2+]Cc2ccc3ccccc3c2)c1. The molecule has 112 valence electrons. The van der Waals surface area contributed by atoms with Crippen LogP contribution in [0.2, 0.25) is 0 Å². The number of rotatable bonds is 6. The lowest BCUT2D eigenvalue weighted by atomic mass is 10.1. The van der Waals surface area contributed by atoms with Gasteiger partial charge in [0.25, 0.3) is 0 Å². The average molecular weight is 292 g/mol. The van der Waals surface area contributed by atoms with Crippen LogP contribution in [-0.4, -0.2) is 13.7 Å². The molecule has 0 fully saturated rings. The summed E-state index contributed by atoms with van der Waals surface area (Å²) in [5.41, 5.74) is 2.71. The fourth-order valence-corrected chi connectivity index (χ4v) is 2.73. The predicted molar refractivity (Wildman–Crippen MR) is 91.1 cm³/mol. The second-order valence-corrected chi connectivity index (χ2v) is 5.56. The molecule has 2 nitrogen and oxygen atoms in total. The maximum absolute atomic E-state index is 5.26. The fourth-order valence-electron chi connectivity index (χ4n) is 2.73. The van der Waals surface area contributed by atoms with Gasteiger partial charge in [0.1, 0.15) is 12.3 Å². The van der Waals surface area contributed by atoms with Crippen molar-refractivity contribution in [3.05, 3.63) is 77.9 Å². The van der Waals surface area contributed by atoms with Gasteiger partial charge >= 0.3 is 0 Å². The third-order valence-electron chi connectivity index (χ3n) is 3.97. The van der Waals surface area contributed by atoms with Crippen molar-refractivity contribution in [2.45, 2.75) is 13.0 Å². The monoisotopic (exact) mass is 292 g/mol. The van der Waals surface area contributed by atoms with E-state index < -0.39 is 0 Å². The summed E-state index contributed by atoms with van der Waals surface area (Å²) in [4.78, 5) is 0. The Kier molecular flexibility index (Phi) is 4.71. The van der Waals surface area contributed by atoms with Crippen LogP contribution in [0, 0.1) is 0 Å². The fraction of sp³-hybridized carbons (Fsp3) is 0.200. The number of hydrogen-bond acceptors (Lipinski definition) is 1. The first kappa shape index (κ1) is 14.6. The zero-order valence-electron chi connectivity index (χ0n) is 13.0. The van der Waals surface area contributed by atoms with Crippen LogP contribution in [0.25, 0.3) is 10.8 Å². The molecule has 0 spiro atoms. The molecule has 2 N–H and O–H groups in total. The second kappa shape index (κ2) is 7.10. The molecule has 3 aromatic rings. The highest BCUT2D eigenvalue weighted by Crippen LogP contribution is 2.15. The topological polar surface area (TPSA) is 25.8 Å². The van der Waals surface area contributed by atoms with Crippen molar-refractivity contribution in [2.24, 2.45) is 0 Å². The van der Waals surface area contributed by atoms with Crippen molar-refractivity contribution in [3.63, 3.8) is 0 Å². The third-order valence-corrected chi connectivity index (χ3v) is 3.97. The van der Waals surface area contributed by atoms with Crippen molar-refractivity contribution in [2.75, 3.05) is 13.7 Å². The molecule has 0 aliphatic heterocycles. The van der Waals surface area contributed by atoms with Crippen LogP contribution in [0.1, 0.15) is 11.1 Å². The van der Waals surface area contributed by atoms with Crippen molar-refractivity contribution >= 4 is 10.8 Å². The van der Waals surface area contributed by atoms with Crippen molar-refractivity contribution in [1.82, 2.24) is 0 Å². The lowest BCUT2D eigenvalue weighted by Gasteiger charge is -2.05. The molecule has 0 heterocycles. The first-order valence-electron chi connectivity index (χ1n) is 7.77. The van der Waals surface area contributed by atoms with Crippen molar-refractivity contribution in [3.8, 4) is 5.75 Å². The summed E-state index contributed by atoms with van der Waals surface area (Å²) in [7, 11) is 1.71. The van der Waals surface area contributed by atoms with Crippen molar-refractivity contribution in [1.29, 1.82) is 0 Å². The summed E-state index contributed by atoms with van der Waals surface area (Å²) in [6, 6.07) is 23.6. The number of nitrogens with two attached hydrogens (primary N) is 1. The summed E-state index contributed by atoms with van der Waals surface area (Å²) in [5.74, 6) is 0.937. The van der Waals surface area contributed by atoms with Gasteiger partial charge < -0.3 is 10.1 Å². The highest BCUT2D eigenvalue weighted by atomic mass is 16.5. The number of hydrogen-bond donors (Lipinski definition) is 1. The lowest BCUT2D eigenvalue weighted by Crippen LogP contribution is -2.83. The molecule has 3 rings (SSSR count). The maximum atomic E-state index is 5.26. The summed E-state index contributed by atoms with van der Waals surface area (Å²) in [5, 5.41) is 4.99. The van der Waals surface area contributed by atoms with Gasteiger partial charge in [0, 0.05) is 12.0 Å². The molecule has 0 bridgehead atoms. The van der Waals surface area contributed by atoms with Crippen LogP contribution < -0.4 is 10.1 Å². The molecular weight excluding hydrogens is 270 g/mol. The number of fused-ring (bicyclic) bond motifs is 1. The van der Waals surface area contributed by atoms with Crippen LogP contribution in [0.4, 0.5) is 0 Å². The van der Waals surface area contributed by atoms with Crippen molar-refractivity contribution < 1.29 is 10.1 Å². The van der Waals surface area contributed by atoms with E-state index in [9.17, 15) is 0 Å². The summed E-state index contributed by atoms with van der Waals surface area (Å²) < 4.78 is 5.26. The van der Waals surface area contributed by atoms with Crippen LogP contribution in [0.15, 0.2) is 66.7 Å². The van der Waals surface area contributed by atoms with E-state index in [-0.39, 0.29) is 0 Å². The van der Waals surface area contributed by atoms with Gasteiger partial charge in [-0.25, -0.2) is 0 Å². The zero-order chi connectivity index (χ0) is 15.2. The molecule has 0 unspecified atom stereocenters. The normalized spacial score (nSPS) is 10.8. The highest BCUT2D eigenvalue weighted by Gasteiger charge is 2.00. The molecule has 0 saturated carbocycles. The average Bonchev–Trinajstić information content (AvgIpc) is 2.59. The number of methoxy groups -OCH3 is 1. The van der Waals surface area contributed by atoms with Gasteiger partial charge in [-0.05, 0) is 34.5 Å². The highest BCUT2D eigenvalue weighted by molar-refractivity contribution is 5.82. The predicted octanol–water partition coefficient (Wildman–Crippen LogP) is 3.15. The number of ether oxygens (including phenoxy) is 1. The lowest BCUT2D eigenvalue weighted by molar-refractivity contribution is -0.670. The minimum Gasteiger partial charge on any atom is -0.497 e. The van der Waals surface area contributed by atoms with E-state index in [2.05, 4.69) is 66.0 Å². The van der Waals surface area contributed by atoms with Crippen LogP contribution >= 0.6 is 0 Å². The quantitative estimate of drug-likeness (QED) is 0.694. The maximum Gasteiger partial charge on any atom is 0.119 e. The molecule has 0 saturated heterocycles. The van der Waals surface area contributed by atoms with Gasteiger partial charge in [-0.2, -0.15) is 0 Å². The van der Waals surface area contributed by atoms with E-state index in [0.717, 1.165) is 25.3 Å². The Morgan fingerprint density at radius 1 is 0.818 bits per heavy atom.